The second kappa shape index (κ2) is 15.6. The van der Waals surface area contributed by atoms with Crippen molar-refractivity contribution in [2.75, 3.05) is 13.2 Å². The van der Waals surface area contributed by atoms with E-state index in [1.54, 1.807) is 12.1 Å². The third-order valence-corrected chi connectivity index (χ3v) is 5.38. The number of guanidine groups is 1. The lowest BCUT2D eigenvalue weighted by molar-refractivity contribution is -0.192. The van der Waals surface area contributed by atoms with Crippen LogP contribution in [-0.4, -0.2) is 76.5 Å². The maximum Gasteiger partial charge on any atom is 0.490 e. The number of rotatable bonds is 8. The summed E-state index contributed by atoms with van der Waals surface area (Å²) in [7, 11) is 0. The zero-order valence-electron chi connectivity index (χ0n) is 22.6. The van der Waals surface area contributed by atoms with Crippen LogP contribution in [0.1, 0.15) is 35.2 Å². The Morgan fingerprint density at radius 3 is 2.25 bits per heavy atom. The molecule has 0 saturated heterocycles. The first kappa shape index (κ1) is 34.7. The molecule has 0 bridgehead atoms. The van der Waals surface area contributed by atoms with Crippen molar-refractivity contribution in [1.82, 2.24) is 5.32 Å². The first-order valence-electron chi connectivity index (χ1n) is 12.5. The molecule has 0 spiro atoms. The van der Waals surface area contributed by atoms with E-state index in [9.17, 15) is 32.3 Å². The van der Waals surface area contributed by atoms with Crippen molar-refractivity contribution < 1.29 is 66.7 Å². The Morgan fingerprint density at radius 2 is 1.66 bits per heavy atom. The van der Waals surface area contributed by atoms with E-state index in [2.05, 4.69) is 10.3 Å². The molecule has 1 aliphatic heterocycles. The van der Waals surface area contributed by atoms with Crippen molar-refractivity contribution in [2.45, 2.75) is 37.9 Å². The van der Waals surface area contributed by atoms with E-state index in [0.717, 1.165) is 0 Å². The highest BCUT2D eigenvalue weighted by Gasteiger charge is 2.38. The number of carbonyl (C=O) groups excluding carboxylic acids is 2. The molecule has 18 heteroatoms. The molecule has 1 atom stereocenters. The van der Waals surface area contributed by atoms with Gasteiger partial charge in [-0.05, 0) is 30.2 Å². The second-order valence-corrected chi connectivity index (χ2v) is 8.76. The van der Waals surface area contributed by atoms with Gasteiger partial charge in [0.05, 0.1) is 25.3 Å². The Labute approximate surface area is 246 Å². The number of aliphatic imine (C=N–C) groups is 1. The summed E-state index contributed by atoms with van der Waals surface area (Å²) in [6.45, 7) is 0.419. The van der Waals surface area contributed by atoms with Crippen LogP contribution < -0.4 is 31.0 Å². The van der Waals surface area contributed by atoms with Crippen LogP contribution in [0.15, 0.2) is 41.4 Å². The average Bonchev–Trinajstić information content (AvgIpc) is 2.94. The molecule has 44 heavy (non-hydrogen) atoms. The minimum absolute atomic E-state index is 0.112. The number of nitrogens with one attached hydrogen (secondary N) is 1. The molecule has 0 unspecified atom stereocenters. The van der Waals surface area contributed by atoms with Gasteiger partial charge in [0, 0.05) is 18.9 Å². The zero-order chi connectivity index (χ0) is 33.0. The molecule has 1 amide bonds. The number of amides is 1. The van der Waals surface area contributed by atoms with Crippen LogP contribution in [0, 0.1) is 0 Å². The van der Waals surface area contributed by atoms with E-state index in [1.165, 1.54) is 24.3 Å². The van der Waals surface area contributed by atoms with Crippen LogP contribution in [0.4, 0.5) is 18.9 Å². The first-order valence-corrected chi connectivity index (χ1v) is 12.5. The summed E-state index contributed by atoms with van der Waals surface area (Å²) in [5, 5.41) is 27.3. The maximum atomic E-state index is 13.0. The van der Waals surface area contributed by atoms with Gasteiger partial charge in [-0.1, -0.05) is 12.1 Å². The Hall–Kier alpha value is -5.55. The van der Waals surface area contributed by atoms with Crippen LogP contribution in [0.3, 0.4) is 0 Å². The highest BCUT2D eigenvalue weighted by molar-refractivity contribution is 5.95. The van der Waals surface area contributed by atoms with Crippen LogP contribution in [0.2, 0.25) is 0 Å². The summed E-state index contributed by atoms with van der Waals surface area (Å²) in [6.07, 6.45) is -5.43. The molecular weight excluding hydrogens is 601 g/mol. The van der Waals surface area contributed by atoms with E-state index >= 15 is 0 Å². The molecule has 238 valence electrons. The van der Waals surface area contributed by atoms with Gasteiger partial charge in [0.1, 0.15) is 17.4 Å². The Kier molecular flexibility index (Phi) is 12.3. The monoisotopic (exact) mass is 628 g/mol. The number of nitrogens with zero attached hydrogens (tertiary/aromatic N) is 1. The van der Waals surface area contributed by atoms with E-state index in [1.807, 2.05) is 0 Å². The predicted octanol–water partition coefficient (Wildman–Crippen LogP) is 1.58. The van der Waals surface area contributed by atoms with Gasteiger partial charge in [-0.15, -0.1) is 0 Å². The minimum atomic E-state index is -5.08. The van der Waals surface area contributed by atoms with Gasteiger partial charge in [0.2, 0.25) is 5.91 Å². The van der Waals surface area contributed by atoms with Crippen molar-refractivity contribution in [3.63, 3.8) is 0 Å². The number of aliphatic carboxylic acids is 3. The lowest BCUT2D eigenvalue weighted by Crippen LogP contribution is -2.42. The van der Waals surface area contributed by atoms with Crippen LogP contribution >= 0.6 is 0 Å². The molecular formula is C26H27F3N4O11. The second-order valence-electron chi connectivity index (χ2n) is 8.76. The smallest absolute Gasteiger partial charge is 0.490 e. The number of ether oxygens (including phenoxy) is 3. The number of carboxylic acid groups (broad SMARTS) is 3. The number of para-hydroxylation sites is 1. The van der Waals surface area contributed by atoms with Crippen LogP contribution in [0.25, 0.3) is 0 Å². The molecule has 0 aromatic heterocycles. The quantitative estimate of drug-likeness (QED) is 0.105. The molecule has 3 rings (SSSR count). The van der Waals surface area contributed by atoms with Crippen molar-refractivity contribution in [1.29, 1.82) is 0 Å². The molecule has 1 aliphatic rings. The number of hydrogen-bond acceptors (Lipinski definition) is 9. The Bertz CT molecular complexity index is 1430. The third kappa shape index (κ3) is 11.0. The van der Waals surface area contributed by atoms with E-state index in [4.69, 9.17) is 45.8 Å². The van der Waals surface area contributed by atoms with Crippen molar-refractivity contribution in [3.8, 4) is 17.2 Å². The number of esters is 1. The fourth-order valence-corrected chi connectivity index (χ4v) is 3.48. The number of halogens is 3. The number of hydrogen-bond donors (Lipinski definition) is 6. The third-order valence-electron chi connectivity index (χ3n) is 5.38. The fraction of sp³-hybridized carbons (Fsp3) is 0.308. The van der Waals surface area contributed by atoms with Gasteiger partial charge < -0.3 is 46.3 Å². The van der Waals surface area contributed by atoms with Gasteiger partial charge in [0.25, 0.3) is 0 Å². The molecule has 0 aliphatic carbocycles. The average molecular weight is 629 g/mol. The van der Waals surface area contributed by atoms with Crippen LogP contribution in [-0.2, 0) is 25.6 Å². The van der Waals surface area contributed by atoms with E-state index in [-0.39, 0.29) is 54.8 Å². The SMILES string of the molecule is NC(N)=Nc1ccc2c(c1)OCCCOc1c(CCC(=O)N[C@@H](CC(=O)O)C(=O)O)cccc1OC2=O.O=C(O)C(F)(F)F. The summed E-state index contributed by atoms with van der Waals surface area (Å²) in [4.78, 5) is 60.2. The molecule has 0 saturated carbocycles. The maximum absolute atomic E-state index is 13.0. The Morgan fingerprint density at radius 1 is 1.00 bits per heavy atom. The highest BCUT2D eigenvalue weighted by atomic mass is 19.4. The largest absolute Gasteiger partial charge is 0.492 e. The normalized spacial score (nSPS) is 13.3. The summed E-state index contributed by atoms with van der Waals surface area (Å²) >= 11 is 0. The minimum Gasteiger partial charge on any atom is -0.492 e. The highest BCUT2D eigenvalue weighted by Crippen LogP contribution is 2.35. The first-order chi connectivity index (χ1) is 20.6. The number of carboxylic acids is 3. The lowest BCUT2D eigenvalue weighted by atomic mass is 10.1. The van der Waals surface area contributed by atoms with Gasteiger partial charge in [-0.3, -0.25) is 9.59 Å². The van der Waals surface area contributed by atoms with E-state index < -0.39 is 48.4 Å². The van der Waals surface area contributed by atoms with Gasteiger partial charge in [0.15, 0.2) is 17.5 Å². The standard InChI is InChI=1S/C24H26N4O9.C2HF3O2/c25-24(26)27-14-6-7-15-18(11-14)35-9-2-10-36-21-13(3-1-4-17(21)37-23(15)34)5-8-19(29)28-16(22(32)33)12-20(30)31;3-2(4,5)1(6)7/h1,3-4,6-7,11,16H,2,5,8-10,12H2,(H,28,29)(H,30,31)(H,32,33)(H4,25,26,27);(H,6,7)/t16-;/m0./s1. The van der Waals surface area contributed by atoms with E-state index in [0.29, 0.717) is 17.7 Å². The predicted molar refractivity (Wildman–Crippen MR) is 143 cm³/mol. The lowest BCUT2D eigenvalue weighted by Gasteiger charge is -2.16. The summed E-state index contributed by atoms with van der Waals surface area (Å²) in [6, 6.07) is 7.80. The number of carbonyl (C=O) groups is 5. The van der Waals surface area contributed by atoms with Gasteiger partial charge >= 0.3 is 30.1 Å². The van der Waals surface area contributed by atoms with Crippen molar-refractivity contribution >= 4 is 41.4 Å². The summed E-state index contributed by atoms with van der Waals surface area (Å²) in [5.74, 6) is -6.47. The number of nitrogens with two attached hydrogens (primary N) is 2. The number of fused-ring (bicyclic) bond motifs is 2. The Balaban J connectivity index is 0.000000860. The zero-order valence-corrected chi connectivity index (χ0v) is 22.6. The number of aryl methyl sites for hydroxylation is 1. The number of alkyl halides is 3. The summed E-state index contributed by atoms with van der Waals surface area (Å²) < 4.78 is 48.9. The van der Waals surface area contributed by atoms with Crippen molar-refractivity contribution in [3.05, 3.63) is 47.5 Å². The summed E-state index contributed by atoms with van der Waals surface area (Å²) in [5.41, 5.74) is 11.9. The van der Waals surface area contributed by atoms with Crippen LogP contribution in [0.5, 0.6) is 17.2 Å². The molecule has 0 radical (unpaired) electrons. The molecule has 1 heterocycles. The molecule has 8 N–H and O–H groups in total. The molecule has 15 nitrogen and oxygen atoms in total. The molecule has 0 fully saturated rings. The molecule has 2 aromatic carbocycles. The van der Waals surface area contributed by atoms with Crippen molar-refractivity contribution in [2.24, 2.45) is 16.5 Å². The topological polar surface area (TPSA) is 250 Å². The van der Waals surface area contributed by atoms with Gasteiger partial charge in [-0.2, -0.15) is 13.2 Å². The fourth-order valence-electron chi connectivity index (χ4n) is 3.48. The molecule has 2 aromatic rings. The number of benzene rings is 2. The van der Waals surface area contributed by atoms with Gasteiger partial charge in [-0.25, -0.2) is 19.4 Å².